The molecule has 0 aliphatic heterocycles. The van der Waals surface area contributed by atoms with Crippen LogP contribution in [0, 0.1) is 12.3 Å². The van der Waals surface area contributed by atoms with Gasteiger partial charge in [0.1, 0.15) is 0 Å². The largest absolute Gasteiger partial charge is 0.392 e. The summed E-state index contributed by atoms with van der Waals surface area (Å²) >= 11 is 11.0. The van der Waals surface area contributed by atoms with Crippen LogP contribution in [0.3, 0.4) is 0 Å². The van der Waals surface area contributed by atoms with Gasteiger partial charge >= 0.3 is 0 Å². The SMILES string of the molecule is CCC(C)(C(=O)Nc1ccc(C)cc1Cl)C(N)=S. The molecule has 0 aliphatic carbocycles. The Bertz CT molecular complexity index is 490. The average Bonchev–Trinajstić information content (AvgIpc) is 2.31. The molecule has 0 fully saturated rings. The van der Waals surface area contributed by atoms with Crippen LogP contribution >= 0.6 is 23.8 Å². The van der Waals surface area contributed by atoms with E-state index in [2.05, 4.69) is 5.32 Å². The van der Waals surface area contributed by atoms with Gasteiger partial charge in [0.25, 0.3) is 0 Å². The van der Waals surface area contributed by atoms with Crippen molar-refractivity contribution in [3.8, 4) is 0 Å². The van der Waals surface area contributed by atoms with Gasteiger partial charge in [0.2, 0.25) is 5.91 Å². The van der Waals surface area contributed by atoms with Gasteiger partial charge in [0.05, 0.1) is 21.1 Å². The molecule has 0 radical (unpaired) electrons. The Morgan fingerprint density at radius 1 is 1.56 bits per heavy atom. The molecule has 18 heavy (non-hydrogen) atoms. The third-order valence-electron chi connectivity index (χ3n) is 3.12. The highest BCUT2D eigenvalue weighted by molar-refractivity contribution is 7.80. The van der Waals surface area contributed by atoms with Crippen molar-refractivity contribution >= 4 is 40.4 Å². The van der Waals surface area contributed by atoms with E-state index in [1.54, 1.807) is 19.1 Å². The first-order valence-corrected chi connectivity index (χ1v) is 6.47. The normalized spacial score (nSPS) is 13.8. The van der Waals surface area contributed by atoms with Crippen molar-refractivity contribution in [3.05, 3.63) is 28.8 Å². The molecule has 0 saturated heterocycles. The number of nitrogens with two attached hydrogens (primary N) is 1. The average molecular weight is 285 g/mol. The maximum atomic E-state index is 12.2. The number of benzene rings is 1. The second kappa shape index (κ2) is 5.67. The minimum atomic E-state index is -0.858. The van der Waals surface area contributed by atoms with Crippen molar-refractivity contribution in [3.63, 3.8) is 0 Å². The number of rotatable bonds is 4. The zero-order chi connectivity index (χ0) is 13.9. The van der Waals surface area contributed by atoms with Gasteiger partial charge in [-0.3, -0.25) is 4.79 Å². The molecule has 0 aliphatic rings. The number of halogens is 1. The van der Waals surface area contributed by atoms with Crippen molar-refractivity contribution in [2.24, 2.45) is 11.1 Å². The van der Waals surface area contributed by atoms with Gasteiger partial charge in [-0.05, 0) is 38.0 Å². The van der Waals surface area contributed by atoms with Crippen molar-refractivity contribution in [2.75, 3.05) is 5.32 Å². The summed E-state index contributed by atoms with van der Waals surface area (Å²) in [5.74, 6) is -0.233. The Kier molecular flexibility index (Phi) is 4.71. The number of hydrogen-bond acceptors (Lipinski definition) is 2. The predicted molar refractivity (Wildman–Crippen MR) is 80.0 cm³/mol. The number of anilines is 1. The summed E-state index contributed by atoms with van der Waals surface area (Å²) in [5.41, 5.74) is 6.38. The molecule has 5 heteroatoms. The van der Waals surface area contributed by atoms with Gasteiger partial charge < -0.3 is 11.1 Å². The van der Waals surface area contributed by atoms with E-state index in [4.69, 9.17) is 29.6 Å². The lowest BCUT2D eigenvalue weighted by Crippen LogP contribution is -2.43. The van der Waals surface area contributed by atoms with Crippen molar-refractivity contribution in [2.45, 2.75) is 27.2 Å². The quantitative estimate of drug-likeness (QED) is 0.834. The highest BCUT2D eigenvalue weighted by Gasteiger charge is 2.34. The van der Waals surface area contributed by atoms with Gasteiger partial charge in [-0.2, -0.15) is 0 Å². The molecule has 1 aromatic carbocycles. The zero-order valence-electron chi connectivity index (χ0n) is 10.7. The van der Waals surface area contributed by atoms with Crippen molar-refractivity contribution in [1.29, 1.82) is 0 Å². The number of carbonyl (C=O) groups excluding carboxylic acids is 1. The number of hydrogen-bond donors (Lipinski definition) is 2. The highest BCUT2D eigenvalue weighted by atomic mass is 35.5. The summed E-state index contributed by atoms with van der Waals surface area (Å²) in [4.78, 5) is 12.4. The molecule has 0 heterocycles. The maximum Gasteiger partial charge on any atom is 0.237 e. The minimum Gasteiger partial charge on any atom is -0.392 e. The van der Waals surface area contributed by atoms with E-state index in [1.165, 1.54) is 0 Å². The van der Waals surface area contributed by atoms with E-state index in [1.807, 2.05) is 19.9 Å². The van der Waals surface area contributed by atoms with Crippen LogP contribution in [0.1, 0.15) is 25.8 Å². The van der Waals surface area contributed by atoms with Crippen LogP contribution in [0.2, 0.25) is 5.02 Å². The third kappa shape index (κ3) is 3.00. The summed E-state index contributed by atoms with van der Waals surface area (Å²) < 4.78 is 0. The topological polar surface area (TPSA) is 55.1 Å². The summed E-state index contributed by atoms with van der Waals surface area (Å²) in [6.45, 7) is 5.53. The molecule has 1 unspecified atom stereocenters. The molecule has 3 N–H and O–H groups in total. The molecule has 3 nitrogen and oxygen atoms in total. The number of aryl methyl sites for hydroxylation is 1. The minimum absolute atomic E-state index is 0.186. The molecule has 98 valence electrons. The van der Waals surface area contributed by atoms with Gasteiger partial charge in [-0.1, -0.05) is 36.8 Å². The maximum absolute atomic E-state index is 12.2. The van der Waals surface area contributed by atoms with E-state index in [0.717, 1.165) is 5.56 Å². The highest BCUT2D eigenvalue weighted by Crippen LogP contribution is 2.27. The summed E-state index contributed by atoms with van der Waals surface area (Å²) in [7, 11) is 0. The van der Waals surface area contributed by atoms with Crippen LogP contribution in [-0.2, 0) is 4.79 Å². The Morgan fingerprint density at radius 2 is 2.17 bits per heavy atom. The van der Waals surface area contributed by atoms with Crippen LogP contribution < -0.4 is 11.1 Å². The van der Waals surface area contributed by atoms with Crippen molar-refractivity contribution < 1.29 is 4.79 Å². The van der Waals surface area contributed by atoms with E-state index in [0.29, 0.717) is 17.1 Å². The Morgan fingerprint density at radius 3 is 2.61 bits per heavy atom. The number of amides is 1. The molecule has 0 aromatic heterocycles. The molecule has 0 spiro atoms. The summed E-state index contributed by atoms with van der Waals surface area (Å²) in [5, 5.41) is 3.28. The summed E-state index contributed by atoms with van der Waals surface area (Å²) in [6, 6.07) is 5.44. The third-order valence-corrected chi connectivity index (χ3v) is 3.89. The van der Waals surface area contributed by atoms with Crippen LogP contribution in [0.4, 0.5) is 5.69 Å². The first kappa shape index (κ1) is 14.9. The number of thiocarbonyl (C=S) groups is 1. The lowest BCUT2D eigenvalue weighted by atomic mass is 9.86. The Labute approximate surface area is 118 Å². The van der Waals surface area contributed by atoms with Crippen LogP contribution in [0.15, 0.2) is 18.2 Å². The van der Waals surface area contributed by atoms with Crippen LogP contribution in [0.25, 0.3) is 0 Å². The second-order valence-electron chi connectivity index (χ2n) is 4.49. The number of carbonyl (C=O) groups is 1. The van der Waals surface area contributed by atoms with E-state index < -0.39 is 5.41 Å². The van der Waals surface area contributed by atoms with Gasteiger partial charge in [0, 0.05) is 0 Å². The van der Waals surface area contributed by atoms with Crippen LogP contribution in [-0.4, -0.2) is 10.9 Å². The summed E-state index contributed by atoms with van der Waals surface area (Å²) in [6.07, 6.45) is 0.539. The lowest BCUT2D eigenvalue weighted by molar-refractivity contribution is -0.121. The molecule has 1 amide bonds. The molecular formula is C13H17ClN2OS. The van der Waals surface area contributed by atoms with Crippen molar-refractivity contribution in [1.82, 2.24) is 0 Å². The Hall–Kier alpha value is -1.13. The fourth-order valence-electron chi connectivity index (χ4n) is 1.43. The van der Waals surface area contributed by atoms with Crippen LogP contribution in [0.5, 0.6) is 0 Å². The molecule has 1 aromatic rings. The monoisotopic (exact) mass is 284 g/mol. The second-order valence-corrected chi connectivity index (χ2v) is 5.33. The van der Waals surface area contributed by atoms with E-state index in [-0.39, 0.29) is 10.9 Å². The zero-order valence-corrected chi connectivity index (χ0v) is 12.3. The first-order valence-electron chi connectivity index (χ1n) is 5.68. The van der Waals surface area contributed by atoms with Gasteiger partial charge in [0.15, 0.2) is 0 Å². The smallest absolute Gasteiger partial charge is 0.237 e. The van der Waals surface area contributed by atoms with Gasteiger partial charge in [-0.25, -0.2) is 0 Å². The molecule has 1 rings (SSSR count). The number of nitrogens with one attached hydrogen (secondary N) is 1. The van der Waals surface area contributed by atoms with Gasteiger partial charge in [-0.15, -0.1) is 0 Å². The predicted octanol–water partition coefficient (Wildman–Crippen LogP) is 3.29. The lowest BCUT2D eigenvalue weighted by Gasteiger charge is -2.25. The fraction of sp³-hybridized carbons (Fsp3) is 0.385. The molecule has 0 saturated carbocycles. The van der Waals surface area contributed by atoms with E-state index in [9.17, 15) is 4.79 Å². The Balaban J connectivity index is 2.97. The first-order chi connectivity index (χ1) is 8.31. The van der Waals surface area contributed by atoms with E-state index >= 15 is 0 Å². The standard InChI is InChI=1S/C13H17ClN2OS/c1-4-13(3,11(15)18)12(17)16-10-6-5-8(2)7-9(10)14/h5-7H,4H2,1-3H3,(H2,15,18)(H,16,17). The molecule has 1 atom stereocenters. The molecular weight excluding hydrogens is 268 g/mol. The fourth-order valence-corrected chi connectivity index (χ4v) is 1.95. The molecule has 0 bridgehead atoms.